The molecule has 0 saturated heterocycles. The fourth-order valence-electron chi connectivity index (χ4n) is 2.21. The van der Waals surface area contributed by atoms with Gasteiger partial charge in [-0.25, -0.2) is 9.37 Å². The Balaban J connectivity index is 1.61. The Morgan fingerprint density at radius 2 is 2.00 bits per heavy atom. The summed E-state index contributed by atoms with van der Waals surface area (Å²) in [5.74, 6) is 0.284. The van der Waals surface area contributed by atoms with Crippen LogP contribution in [0.3, 0.4) is 0 Å². The molecular formula is C17H14ClFN4O. The van der Waals surface area contributed by atoms with Gasteiger partial charge in [0.25, 0.3) is 0 Å². The van der Waals surface area contributed by atoms with E-state index in [1.165, 1.54) is 12.1 Å². The predicted octanol–water partition coefficient (Wildman–Crippen LogP) is 3.37. The van der Waals surface area contributed by atoms with E-state index in [-0.39, 0.29) is 17.4 Å². The van der Waals surface area contributed by atoms with Crippen LogP contribution >= 0.6 is 11.6 Å². The van der Waals surface area contributed by atoms with Crippen LogP contribution in [0.4, 0.5) is 10.1 Å². The minimum atomic E-state index is -0.461. The Kier molecular flexibility index (Phi) is 4.86. The molecule has 0 unspecified atom stereocenters. The molecule has 3 aromatic rings. The van der Waals surface area contributed by atoms with Crippen LogP contribution in [-0.2, 0) is 17.6 Å². The molecule has 0 aliphatic heterocycles. The van der Waals surface area contributed by atoms with E-state index < -0.39 is 5.82 Å². The minimum absolute atomic E-state index is 0.000997. The van der Waals surface area contributed by atoms with Crippen LogP contribution in [0.5, 0.6) is 0 Å². The summed E-state index contributed by atoms with van der Waals surface area (Å²) in [4.78, 5) is 16.3. The zero-order chi connectivity index (χ0) is 16.9. The molecule has 5 nitrogen and oxygen atoms in total. The number of carbonyl (C=O) groups is 1. The number of anilines is 1. The van der Waals surface area contributed by atoms with E-state index >= 15 is 0 Å². The molecule has 1 heterocycles. The number of benzene rings is 2. The van der Waals surface area contributed by atoms with Crippen molar-refractivity contribution in [2.24, 2.45) is 0 Å². The van der Waals surface area contributed by atoms with Gasteiger partial charge in [-0.3, -0.25) is 9.89 Å². The Morgan fingerprint density at radius 1 is 1.21 bits per heavy atom. The highest BCUT2D eigenvalue weighted by molar-refractivity contribution is 6.33. The van der Waals surface area contributed by atoms with Gasteiger partial charge in [-0.2, -0.15) is 5.10 Å². The fourth-order valence-corrected chi connectivity index (χ4v) is 2.43. The van der Waals surface area contributed by atoms with Crippen LogP contribution in [0.25, 0.3) is 0 Å². The number of aromatic nitrogens is 3. The Morgan fingerprint density at radius 3 is 2.75 bits per heavy atom. The zero-order valence-corrected chi connectivity index (χ0v) is 13.3. The number of halogens is 2. The molecule has 24 heavy (non-hydrogen) atoms. The highest BCUT2D eigenvalue weighted by Crippen LogP contribution is 2.22. The molecule has 0 aliphatic rings. The summed E-state index contributed by atoms with van der Waals surface area (Å²) < 4.78 is 13.0. The van der Waals surface area contributed by atoms with Crippen molar-refractivity contribution < 1.29 is 9.18 Å². The first kappa shape index (κ1) is 16.1. The third-order valence-corrected chi connectivity index (χ3v) is 3.63. The number of hydrogen-bond donors (Lipinski definition) is 2. The molecule has 2 aromatic carbocycles. The van der Waals surface area contributed by atoms with Crippen LogP contribution in [0.1, 0.15) is 17.2 Å². The van der Waals surface area contributed by atoms with E-state index in [1.54, 1.807) is 0 Å². The molecule has 2 N–H and O–H groups in total. The highest BCUT2D eigenvalue weighted by Gasteiger charge is 2.11. The number of nitrogens with one attached hydrogen (secondary N) is 2. The van der Waals surface area contributed by atoms with Gasteiger partial charge in [0, 0.05) is 6.42 Å². The summed E-state index contributed by atoms with van der Waals surface area (Å²) in [5.41, 5.74) is 1.45. The molecule has 122 valence electrons. The van der Waals surface area contributed by atoms with Crippen molar-refractivity contribution >= 4 is 23.2 Å². The first-order valence-corrected chi connectivity index (χ1v) is 7.67. The summed E-state index contributed by atoms with van der Waals surface area (Å²) >= 11 is 5.88. The maximum atomic E-state index is 13.0. The molecule has 0 aliphatic carbocycles. The van der Waals surface area contributed by atoms with Crippen molar-refractivity contribution in [3.05, 3.63) is 76.6 Å². The van der Waals surface area contributed by atoms with E-state index in [4.69, 9.17) is 11.6 Å². The normalized spacial score (nSPS) is 10.6. The average Bonchev–Trinajstić information content (AvgIpc) is 2.98. The van der Waals surface area contributed by atoms with Crippen LogP contribution < -0.4 is 5.32 Å². The van der Waals surface area contributed by atoms with E-state index in [2.05, 4.69) is 20.5 Å². The van der Waals surface area contributed by atoms with Gasteiger partial charge in [-0.1, -0.05) is 41.9 Å². The molecule has 3 rings (SSSR count). The summed E-state index contributed by atoms with van der Waals surface area (Å²) in [5, 5.41) is 9.62. The topological polar surface area (TPSA) is 70.7 Å². The summed E-state index contributed by atoms with van der Waals surface area (Å²) in [6, 6.07) is 13.6. The molecule has 1 amide bonds. The smallest absolute Gasteiger partial charge is 0.232 e. The lowest BCUT2D eigenvalue weighted by atomic mass is 10.1. The largest absolute Gasteiger partial charge is 0.324 e. The van der Waals surface area contributed by atoms with Gasteiger partial charge >= 0.3 is 0 Å². The van der Waals surface area contributed by atoms with Gasteiger partial charge in [0.2, 0.25) is 5.91 Å². The number of H-pyrrole nitrogens is 1. The van der Waals surface area contributed by atoms with Crippen LogP contribution in [0.15, 0.2) is 48.5 Å². The molecule has 0 bridgehead atoms. The monoisotopic (exact) mass is 344 g/mol. The van der Waals surface area contributed by atoms with Crippen LogP contribution in [0.2, 0.25) is 5.02 Å². The molecule has 0 fully saturated rings. The van der Waals surface area contributed by atoms with E-state index in [0.717, 1.165) is 11.6 Å². The average molecular weight is 345 g/mol. The summed E-state index contributed by atoms with van der Waals surface area (Å²) in [6.07, 6.45) is 0.609. The second-order valence-corrected chi connectivity index (χ2v) is 5.62. The third-order valence-electron chi connectivity index (χ3n) is 3.32. The molecule has 0 saturated carbocycles. The molecular weight excluding hydrogens is 331 g/mol. The maximum absolute atomic E-state index is 13.0. The van der Waals surface area contributed by atoms with Crippen LogP contribution in [-0.4, -0.2) is 21.1 Å². The standard InChI is InChI=1S/C17H14ClFN4O/c18-13-9-12(19)6-7-14(13)20-17(24)10-16-21-15(22-23-16)8-11-4-2-1-3-5-11/h1-7,9H,8,10H2,(H,20,24)(H,21,22,23). The number of aromatic amines is 1. The Bertz CT molecular complexity index is 851. The van der Waals surface area contributed by atoms with Gasteiger partial charge < -0.3 is 5.32 Å². The van der Waals surface area contributed by atoms with Gasteiger partial charge in [0.1, 0.15) is 11.6 Å². The van der Waals surface area contributed by atoms with E-state index in [0.29, 0.717) is 23.8 Å². The van der Waals surface area contributed by atoms with E-state index in [1.807, 2.05) is 30.3 Å². The molecule has 7 heteroatoms. The van der Waals surface area contributed by atoms with Crippen molar-refractivity contribution in [2.75, 3.05) is 5.32 Å². The SMILES string of the molecule is O=C(Cc1n[nH]c(Cc2ccccc2)n1)Nc1ccc(F)cc1Cl. The van der Waals surface area contributed by atoms with Gasteiger partial charge in [0.15, 0.2) is 5.82 Å². The number of amides is 1. The Labute approximate surface area is 142 Å². The minimum Gasteiger partial charge on any atom is -0.324 e. The zero-order valence-electron chi connectivity index (χ0n) is 12.6. The first-order chi connectivity index (χ1) is 11.6. The Hall–Kier alpha value is -2.73. The lowest BCUT2D eigenvalue weighted by Crippen LogP contribution is -2.15. The molecule has 0 radical (unpaired) electrons. The van der Waals surface area contributed by atoms with Crippen molar-refractivity contribution in [2.45, 2.75) is 12.8 Å². The number of hydrogen-bond acceptors (Lipinski definition) is 3. The molecule has 1 aromatic heterocycles. The lowest BCUT2D eigenvalue weighted by Gasteiger charge is -2.05. The van der Waals surface area contributed by atoms with E-state index in [9.17, 15) is 9.18 Å². The number of rotatable bonds is 5. The predicted molar refractivity (Wildman–Crippen MR) is 89.4 cm³/mol. The van der Waals surface area contributed by atoms with Crippen molar-refractivity contribution in [1.29, 1.82) is 0 Å². The van der Waals surface area contributed by atoms with Gasteiger partial charge in [0.05, 0.1) is 17.1 Å². The third kappa shape index (κ3) is 4.17. The lowest BCUT2D eigenvalue weighted by molar-refractivity contribution is -0.115. The summed E-state index contributed by atoms with van der Waals surface area (Å²) in [6.45, 7) is 0. The van der Waals surface area contributed by atoms with Gasteiger partial charge in [-0.05, 0) is 23.8 Å². The van der Waals surface area contributed by atoms with Crippen molar-refractivity contribution in [3.8, 4) is 0 Å². The summed E-state index contributed by atoms with van der Waals surface area (Å²) in [7, 11) is 0. The first-order valence-electron chi connectivity index (χ1n) is 7.29. The van der Waals surface area contributed by atoms with Crippen molar-refractivity contribution in [1.82, 2.24) is 15.2 Å². The fraction of sp³-hybridized carbons (Fsp3) is 0.118. The number of nitrogens with zero attached hydrogens (tertiary/aromatic N) is 2. The molecule has 0 atom stereocenters. The second-order valence-electron chi connectivity index (χ2n) is 5.21. The van der Waals surface area contributed by atoms with Gasteiger partial charge in [-0.15, -0.1) is 0 Å². The highest BCUT2D eigenvalue weighted by atomic mass is 35.5. The quantitative estimate of drug-likeness (QED) is 0.745. The maximum Gasteiger partial charge on any atom is 0.232 e. The second kappa shape index (κ2) is 7.23. The van der Waals surface area contributed by atoms with Crippen LogP contribution in [0, 0.1) is 5.82 Å². The van der Waals surface area contributed by atoms with Crippen molar-refractivity contribution in [3.63, 3.8) is 0 Å². The molecule has 0 spiro atoms. The number of carbonyl (C=O) groups excluding carboxylic acids is 1.